The van der Waals surface area contributed by atoms with E-state index in [0.717, 1.165) is 17.5 Å². The van der Waals surface area contributed by atoms with Crippen LogP contribution in [0.2, 0.25) is 0 Å². The van der Waals surface area contributed by atoms with Gasteiger partial charge in [-0.05, 0) is 48.7 Å². The van der Waals surface area contributed by atoms with E-state index in [9.17, 15) is 14.7 Å². The van der Waals surface area contributed by atoms with Crippen molar-refractivity contribution in [3.8, 4) is 17.3 Å². The molecule has 4 rings (SSSR count). The van der Waals surface area contributed by atoms with Gasteiger partial charge in [-0.1, -0.05) is 13.0 Å². The summed E-state index contributed by atoms with van der Waals surface area (Å²) in [6, 6.07) is 8.60. The summed E-state index contributed by atoms with van der Waals surface area (Å²) in [7, 11) is 1.52. The van der Waals surface area contributed by atoms with Crippen LogP contribution < -0.4 is 10.1 Å². The number of hydrogen-bond donors (Lipinski definition) is 2. The van der Waals surface area contributed by atoms with Gasteiger partial charge in [-0.25, -0.2) is 4.98 Å². The zero-order chi connectivity index (χ0) is 24.2. The number of benzene rings is 1. The summed E-state index contributed by atoms with van der Waals surface area (Å²) in [5.74, 6) is 1.01. The predicted molar refractivity (Wildman–Crippen MR) is 125 cm³/mol. The van der Waals surface area contributed by atoms with Gasteiger partial charge in [0, 0.05) is 19.5 Å². The van der Waals surface area contributed by atoms with Crippen molar-refractivity contribution in [2.45, 2.75) is 45.8 Å². The van der Waals surface area contributed by atoms with Crippen molar-refractivity contribution in [3.63, 3.8) is 0 Å². The summed E-state index contributed by atoms with van der Waals surface area (Å²) in [6.07, 6.45) is 2.84. The summed E-state index contributed by atoms with van der Waals surface area (Å²) in [5, 5.41) is 20.3. The maximum atomic E-state index is 13.2. The number of carbonyl (C=O) groups excluding carboxylic acids is 2. The van der Waals surface area contributed by atoms with Crippen molar-refractivity contribution in [3.05, 3.63) is 53.3 Å². The molecule has 10 heteroatoms. The number of ether oxygens (including phenoxy) is 1. The van der Waals surface area contributed by atoms with E-state index in [1.54, 1.807) is 33.7 Å². The fourth-order valence-corrected chi connectivity index (χ4v) is 3.97. The van der Waals surface area contributed by atoms with Crippen LogP contribution in [0.3, 0.4) is 0 Å². The number of aromatic nitrogens is 4. The molecule has 34 heavy (non-hydrogen) atoms. The Kier molecular flexibility index (Phi) is 6.87. The predicted octanol–water partition coefficient (Wildman–Crippen LogP) is 2.80. The highest BCUT2D eigenvalue weighted by atomic mass is 16.5. The first kappa shape index (κ1) is 23.4. The van der Waals surface area contributed by atoms with Crippen molar-refractivity contribution in [1.82, 2.24) is 24.6 Å². The van der Waals surface area contributed by atoms with Gasteiger partial charge in [-0.3, -0.25) is 9.59 Å². The molecule has 0 saturated carbocycles. The highest BCUT2D eigenvalue weighted by molar-refractivity contribution is 6.06. The van der Waals surface area contributed by atoms with Crippen LogP contribution in [-0.4, -0.2) is 55.3 Å². The number of aliphatic hydroxyl groups excluding tert-OH is 1. The fourth-order valence-electron chi connectivity index (χ4n) is 3.97. The first-order valence-corrected chi connectivity index (χ1v) is 11.2. The Bertz CT molecular complexity index is 1210. The molecule has 2 aromatic heterocycles. The Hall–Kier alpha value is -3.79. The molecule has 0 bridgehead atoms. The van der Waals surface area contributed by atoms with Gasteiger partial charge in [0.15, 0.2) is 5.82 Å². The van der Waals surface area contributed by atoms with Crippen LogP contribution in [0.5, 0.6) is 5.75 Å². The molecule has 2 amide bonds. The molecular formula is C24H28N6O4. The van der Waals surface area contributed by atoms with Crippen LogP contribution in [0.1, 0.15) is 54.2 Å². The Morgan fingerprint density at radius 1 is 1.24 bits per heavy atom. The molecule has 0 unspecified atom stereocenters. The van der Waals surface area contributed by atoms with E-state index in [2.05, 4.69) is 20.5 Å². The highest BCUT2D eigenvalue weighted by Crippen LogP contribution is 2.31. The van der Waals surface area contributed by atoms with E-state index < -0.39 is 0 Å². The van der Waals surface area contributed by atoms with Gasteiger partial charge in [0.25, 0.3) is 5.91 Å². The Morgan fingerprint density at radius 3 is 2.71 bits per heavy atom. The molecule has 2 N–H and O–H groups in total. The quantitative estimate of drug-likeness (QED) is 0.525. The van der Waals surface area contributed by atoms with Gasteiger partial charge >= 0.3 is 0 Å². The summed E-state index contributed by atoms with van der Waals surface area (Å²) >= 11 is 0. The maximum absolute atomic E-state index is 13.2. The van der Waals surface area contributed by atoms with Crippen LogP contribution in [0.15, 0.2) is 36.7 Å². The van der Waals surface area contributed by atoms with E-state index in [4.69, 9.17) is 4.74 Å². The molecule has 0 radical (unpaired) electrons. The number of fused-ring (bicyclic) bond motifs is 1. The minimum absolute atomic E-state index is 0.0684. The summed E-state index contributed by atoms with van der Waals surface area (Å²) < 4.78 is 7.21. The van der Waals surface area contributed by atoms with E-state index in [-0.39, 0.29) is 24.5 Å². The van der Waals surface area contributed by atoms with Crippen LogP contribution >= 0.6 is 0 Å². The molecule has 1 aliphatic rings. The Labute approximate surface area is 197 Å². The number of carbonyl (C=O) groups is 2. The smallest absolute Gasteiger partial charge is 0.260 e. The zero-order valence-corrected chi connectivity index (χ0v) is 19.5. The molecule has 1 aromatic carbocycles. The lowest BCUT2D eigenvalue weighted by molar-refractivity contribution is -0.131. The van der Waals surface area contributed by atoms with Crippen LogP contribution in [-0.2, 0) is 17.9 Å². The van der Waals surface area contributed by atoms with Crippen molar-refractivity contribution in [2.24, 2.45) is 0 Å². The highest BCUT2D eigenvalue weighted by Gasteiger charge is 2.26. The van der Waals surface area contributed by atoms with E-state index >= 15 is 0 Å². The molecule has 0 saturated heterocycles. The third-order valence-electron chi connectivity index (χ3n) is 5.84. The second-order valence-electron chi connectivity index (χ2n) is 8.28. The van der Waals surface area contributed by atoms with E-state index in [1.807, 2.05) is 19.9 Å². The molecular weight excluding hydrogens is 436 g/mol. The molecule has 3 aromatic rings. The monoisotopic (exact) mass is 464 g/mol. The van der Waals surface area contributed by atoms with Crippen molar-refractivity contribution in [2.75, 3.05) is 19.0 Å². The summed E-state index contributed by atoms with van der Waals surface area (Å²) in [6.45, 7) is 4.75. The number of rotatable bonds is 8. The van der Waals surface area contributed by atoms with Gasteiger partial charge < -0.3 is 24.6 Å². The van der Waals surface area contributed by atoms with Gasteiger partial charge in [0.1, 0.15) is 23.6 Å². The van der Waals surface area contributed by atoms with Gasteiger partial charge in [0.2, 0.25) is 5.91 Å². The Balaban J connectivity index is 1.57. The molecule has 1 atom stereocenters. The number of anilines is 1. The number of pyridine rings is 1. The lowest BCUT2D eigenvalue weighted by Crippen LogP contribution is -2.24. The number of aliphatic hydroxyl groups is 1. The number of amides is 2. The first-order valence-electron chi connectivity index (χ1n) is 11.2. The lowest BCUT2D eigenvalue weighted by Gasteiger charge is -2.14. The third-order valence-corrected chi connectivity index (χ3v) is 5.84. The minimum atomic E-state index is -0.368. The summed E-state index contributed by atoms with van der Waals surface area (Å²) in [5.41, 5.74) is 2.80. The average Bonchev–Trinajstić information content (AvgIpc) is 3.50. The third kappa shape index (κ3) is 4.62. The number of nitrogens with zero attached hydrogens (tertiary/aromatic N) is 5. The Morgan fingerprint density at radius 2 is 2.00 bits per heavy atom. The summed E-state index contributed by atoms with van der Waals surface area (Å²) in [4.78, 5) is 31.8. The molecule has 178 valence electrons. The average molecular weight is 465 g/mol. The molecule has 0 spiro atoms. The number of hydrogen-bond acceptors (Lipinski definition) is 7. The van der Waals surface area contributed by atoms with Gasteiger partial charge in [-0.2, -0.15) is 0 Å². The van der Waals surface area contributed by atoms with Gasteiger partial charge in [-0.15, -0.1) is 10.2 Å². The standard InChI is InChI=1S/C24H28N6O4/c1-4-6-22(32)29-11-16-9-18(20(34-3)10-17(16)12-29)24(33)27-21-8-5-7-19(26-21)23-28-25-14-30(23)15(2)13-31/h5,7-10,14-15,31H,4,6,11-13H2,1-3H3,(H,26,27,33)/t15-/m1/s1. The number of methoxy groups -OCH3 is 1. The normalized spacial score (nSPS) is 13.5. The maximum Gasteiger partial charge on any atom is 0.260 e. The van der Waals surface area contributed by atoms with Crippen molar-refractivity contribution < 1.29 is 19.4 Å². The molecule has 1 aliphatic heterocycles. The topological polar surface area (TPSA) is 122 Å². The zero-order valence-electron chi connectivity index (χ0n) is 19.5. The lowest BCUT2D eigenvalue weighted by atomic mass is 10.0. The molecule has 0 aliphatic carbocycles. The second kappa shape index (κ2) is 10.0. The largest absolute Gasteiger partial charge is 0.496 e. The first-order chi connectivity index (χ1) is 16.4. The van der Waals surface area contributed by atoms with E-state index in [0.29, 0.717) is 48.2 Å². The number of nitrogens with one attached hydrogen (secondary N) is 1. The van der Waals surface area contributed by atoms with Crippen LogP contribution in [0, 0.1) is 0 Å². The fraction of sp³-hybridized carbons (Fsp3) is 0.375. The second-order valence-corrected chi connectivity index (χ2v) is 8.28. The van der Waals surface area contributed by atoms with Crippen molar-refractivity contribution >= 4 is 17.6 Å². The van der Waals surface area contributed by atoms with Crippen LogP contribution in [0.25, 0.3) is 11.5 Å². The van der Waals surface area contributed by atoms with Gasteiger partial charge in [0.05, 0.1) is 25.3 Å². The van der Waals surface area contributed by atoms with Crippen molar-refractivity contribution in [1.29, 1.82) is 0 Å². The van der Waals surface area contributed by atoms with E-state index in [1.165, 1.54) is 13.4 Å². The molecule has 3 heterocycles. The molecule has 10 nitrogen and oxygen atoms in total. The minimum Gasteiger partial charge on any atom is -0.496 e. The SMILES string of the molecule is CCCC(=O)N1Cc2cc(OC)c(C(=O)Nc3cccc(-c4nncn4[C@H](C)CO)n3)cc2C1. The molecule has 0 fully saturated rings. The van der Waals surface area contributed by atoms with Crippen LogP contribution in [0.4, 0.5) is 5.82 Å².